The molecule has 1 aromatic rings. The first-order chi connectivity index (χ1) is 7.34. The second kappa shape index (κ2) is 5.39. The third kappa shape index (κ3) is 3.41. The van der Waals surface area contributed by atoms with Gasteiger partial charge < -0.3 is 10.6 Å². The Balaban J connectivity index is 1.71. The van der Waals surface area contributed by atoms with Crippen molar-refractivity contribution >= 4 is 11.6 Å². The highest BCUT2D eigenvalue weighted by Crippen LogP contribution is 2.06. The fourth-order valence-corrected chi connectivity index (χ4v) is 1.83. The van der Waals surface area contributed by atoms with Crippen molar-refractivity contribution in [3.8, 4) is 0 Å². The summed E-state index contributed by atoms with van der Waals surface area (Å²) in [5.74, 6) is 0.755. The molecule has 15 heavy (non-hydrogen) atoms. The van der Waals surface area contributed by atoms with E-state index in [-0.39, 0.29) is 0 Å². The minimum atomic E-state index is 0.443. The van der Waals surface area contributed by atoms with Gasteiger partial charge in [-0.25, -0.2) is 0 Å². The molecule has 0 aromatic carbocycles. The number of hydrogen-bond donors (Lipinski definition) is 2. The average Bonchev–Trinajstić information content (AvgIpc) is 2.74. The smallest absolute Gasteiger partial charge is 0.151 e. The maximum absolute atomic E-state index is 5.65. The summed E-state index contributed by atoms with van der Waals surface area (Å²) in [5.41, 5.74) is 0.936. The minimum absolute atomic E-state index is 0.443. The van der Waals surface area contributed by atoms with E-state index in [0.717, 1.165) is 37.8 Å². The Morgan fingerprint density at radius 2 is 2.40 bits per heavy atom. The molecular formula is C10H15ClN4. The second-order valence-corrected chi connectivity index (χ2v) is 4.22. The molecule has 2 rings (SSSR count). The Hall–Kier alpha value is -0.710. The molecule has 0 amide bonds. The van der Waals surface area contributed by atoms with Crippen LogP contribution in [0, 0.1) is 5.92 Å². The summed E-state index contributed by atoms with van der Waals surface area (Å²) >= 11 is 5.65. The van der Waals surface area contributed by atoms with Crippen molar-refractivity contribution in [1.82, 2.24) is 20.8 Å². The molecule has 82 valence electrons. The van der Waals surface area contributed by atoms with Gasteiger partial charge in [0.1, 0.15) is 0 Å². The molecule has 0 aliphatic carbocycles. The first kappa shape index (κ1) is 10.8. The maximum Gasteiger partial charge on any atom is 0.151 e. The second-order valence-electron chi connectivity index (χ2n) is 3.84. The van der Waals surface area contributed by atoms with Crippen molar-refractivity contribution in [1.29, 1.82) is 0 Å². The number of aromatic nitrogens is 2. The zero-order valence-corrected chi connectivity index (χ0v) is 9.30. The molecule has 1 atom stereocenters. The van der Waals surface area contributed by atoms with E-state index in [2.05, 4.69) is 20.8 Å². The lowest BCUT2D eigenvalue weighted by Gasteiger charge is -2.08. The molecule has 1 fully saturated rings. The summed E-state index contributed by atoms with van der Waals surface area (Å²) in [5, 5.41) is 14.9. The molecule has 2 N–H and O–H groups in total. The Morgan fingerprint density at radius 3 is 3.07 bits per heavy atom. The first-order valence-electron chi connectivity index (χ1n) is 5.24. The summed E-state index contributed by atoms with van der Waals surface area (Å²) in [6, 6.07) is 3.66. The van der Waals surface area contributed by atoms with Crippen LogP contribution in [0.5, 0.6) is 0 Å². The summed E-state index contributed by atoms with van der Waals surface area (Å²) < 4.78 is 0. The SMILES string of the molecule is Clc1ccc(CNC[C@@H]2CCNC2)nn1. The summed E-state index contributed by atoms with van der Waals surface area (Å²) in [4.78, 5) is 0. The van der Waals surface area contributed by atoms with Crippen molar-refractivity contribution in [3.05, 3.63) is 23.0 Å². The maximum atomic E-state index is 5.65. The third-order valence-electron chi connectivity index (χ3n) is 2.59. The average molecular weight is 227 g/mol. The van der Waals surface area contributed by atoms with E-state index in [9.17, 15) is 0 Å². The van der Waals surface area contributed by atoms with Crippen LogP contribution in [0.15, 0.2) is 12.1 Å². The molecule has 0 spiro atoms. The largest absolute Gasteiger partial charge is 0.316 e. The van der Waals surface area contributed by atoms with Crippen LogP contribution in [0.4, 0.5) is 0 Å². The highest BCUT2D eigenvalue weighted by molar-refractivity contribution is 6.29. The van der Waals surface area contributed by atoms with Crippen LogP contribution in [0.3, 0.4) is 0 Å². The lowest BCUT2D eigenvalue weighted by molar-refractivity contribution is 0.508. The van der Waals surface area contributed by atoms with Crippen molar-refractivity contribution < 1.29 is 0 Å². The Labute approximate surface area is 94.4 Å². The predicted molar refractivity (Wildman–Crippen MR) is 59.7 cm³/mol. The van der Waals surface area contributed by atoms with Gasteiger partial charge in [-0.05, 0) is 44.1 Å². The number of nitrogens with zero attached hydrogens (tertiary/aromatic N) is 2. The van der Waals surface area contributed by atoms with Gasteiger partial charge in [0.05, 0.1) is 5.69 Å². The van der Waals surface area contributed by atoms with Crippen LogP contribution < -0.4 is 10.6 Å². The molecule has 1 aliphatic rings. The highest BCUT2D eigenvalue weighted by atomic mass is 35.5. The van der Waals surface area contributed by atoms with Crippen molar-refractivity contribution in [2.45, 2.75) is 13.0 Å². The number of rotatable bonds is 4. The van der Waals surface area contributed by atoms with Crippen LogP contribution in [0.25, 0.3) is 0 Å². The Kier molecular flexibility index (Phi) is 3.88. The first-order valence-corrected chi connectivity index (χ1v) is 5.62. The van der Waals surface area contributed by atoms with Crippen molar-refractivity contribution in [3.63, 3.8) is 0 Å². The lowest BCUT2D eigenvalue weighted by Crippen LogP contribution is -2.24. The molecule has 0 unspecified atom stereocenters. The fraction of sp³-hybridized carbons (Fsp3) is 0.600. The summed E-state index contributed by atoms with van der Waals surface area (Å²) in [6.07, 6.45) is 1.26. The standard InChI is InChI=1S/C10H15ClN4/c11-10-2-1-9(14-15-10)7-13-6-8-3-4-12-5-8/h1-2,8,12-13H,3-7H2/t8-/m1/s1. The van der Waals surface area contributed by atoms with Crippen LogP contribution in [0.1, 0.15) is 12.1 Å². The number of nitrogens with one attached hydrogen (secondary N) is 2. The molecule has 0 radical (unpaired) electrons. The Morgan fingerprint density at radius 1 is 1.47 bits per heavy atom. The molecule has 4 nitrogen and oxygen atoms in total. The van der Waals surface area contributed by atoms with Gasteiger partial charge in [0.15, 0.2) is 5.15 Å². The van der Waals surface area contributed by atoms with E-state index >= 15 is 0 Å². The minimum Gasteiger partial charge on any atom is -0.316 e. The van der Waals surface area contributed by atoms with Gasteiger partial charge in [0.25, 0.3) is 0 Å². The molecule has 0 saturated carbocycles. The van der Waals surface area contributed by atoms with Crippen LogP contribution in [-0.2, 0) is 6.54 Å². The molecule has 1 saturated heterocycles. The molecule has 0 bridgehead atoms. The molecule has 1 aromatic heterocycles. The van der Waals surface area contributed by atoms with Gasteiger partial charge in [-0.15, -0.1) is 5.10 Å². The normalized spacial score (nSPS) is 20.7. The molecule has 1 aliphatic heterocycles. The fourth-order valence-electron chi connectivity index (χ4n) is 1.73. The van der Waals surface area contributed by atoms with E-state index in [1.807, 2.05) is 6.07 Å². The summed E-state index contributed by atoms with van der Waals surface area (Å²) in [7, 11) is 0. The Bertz CT molecular complexity index is 295. The van der Waals surface area contributed by atoms with E-state index in [1.165, 1.54) is 6.42 Å². The quantitative estimate of drug-likeness (QED) is 0.799. The lowest BCUT2D eigenvalue weighted by atomic mass is 10.1. The van der Waals surface area contributed by atoms with Crippen LogP contribution >= 0.6 is 11.6 Å². The predicted octanol–water partition coefficient (Wildman–Crippen LogP) is 0.829. The molecular weight excluding hydrogens is 212 g/mol. The van der Waals surface area contributed by atoms with E-state index in [1.54, 1.807) is 6.07 Å². The number of hydrogen-bond acceptors (Lipinski definition) is 4. The van der Waals surface area contributed by atoms with E-state index < -0.39 is 0 Å². The monoisotopic (exact) mass is 226 g/mol. The molecule has 5 heteroatoms. The summed E-state index contributed by atoms with van der Waals surface area (Å²) in [6.45, 7) is 4.07. The van der Waals surface area contributed by atoms with Gasteiger partial charge in [-0.1, -0.05) is 11.6 Å². The number of halogens is 1. The highest BCUT2D eigenvalue weighted by Gasteiger charge is 2.13. The molecule has 2 heterocycles. The van der Waals surface area contributed by atoms with Gasteiger partial charge in [0, 0.05) is 6.54 Å². The third-order valence-corrected chi connectivity index (χ3v) is 2.79. The van der Waals surface area contributed by atoms with E-state index in [4.69, 9.17) is 11.6 Å². The van der Waals surface area contributed by atoms with Gasteiger partial charge in [0.2, 0.25) is 0 Å². The van der Waals surface area contributed by atoms with Crippen molar-refractivity contribution in [2.75, 3.05) is 19.6 Å². The van der Waals surface area contributed by atoms with E-state index in [0.29, 0.717) is 5.15 Å². The van der Waals surface area contributed by atoms with Crippen LogP contribution in [-0.4, -0.2) is 29.8 Å². The van der Waals surface area contributed by atoms with Gasteiger partial charge in [-0.2, -0.15) is 5.10 Å². The zero-order chi connectivity index (χ0) is 10.5. The van der Waals surface area contributed by atoms with Gasteiger partial charge >= 0.3 is 0 Å². The zero-order valence-electron chi connectivity index (χ0n) is 8.54. The van der Waals surface area contributed by atoms with Crippen molar-refractivity contribution in [2.24, 2.45) is 5.92 Å². The topological polar surface area (TPSA) is 49.8 Å². The van der Waals surface area contributed by atoms with Gasteiger partial charge in [-0.3, -0.25) is 0 Å². The van der Waals surface area contributed by atoms with Crippen LogP contribution in [0.2, 0.25) is 5.15 Å².